The van der Waals surface area contributed by atoms with Gasteiger partial charge in [-0.15, -0.1) is 0 Å². The SMILES string of the molecule is CC(=NNc1ccc(S(=O)(=O)O)cc1)c1ccc([N+](=O)[O-])o1. The molecule has 0 radical (unpaired) electrons. The first kappa shape index (κ1) is 15.7. The molecule has 0 saturated carbocycles. The van der Waals surface area contributed by atoms with Crippen LogP contribution in [0.15, 0.2) is 50.8 Å². The van der Waals surface area contributed by atoms with Gasteiger partial charge < -0.3 is 4.42 Å². The van der Waals surface area contributed by atoms with Gasteiger partial charge in [-0.2, -0.15) is 13.5 Å². The molecule has 116 valence electrons. The highest BCUT2D eigenvalue weighted by Crippen LogP contribution is 2.17. The number of anilines is 1. The van der Waals surface area contributed by atoms with Crippen molar-refractivity contribution in [2.24, 2.45) is 5.10 Å². The molecule has 0 fully saturated rings. The van der Waals surface area contributed by atoms with E-state index < -0.39 is 15.0 Å². The predicted octanol–water partition coefficient (Wildman–Crippen LogP) is 2.27. The van der Waals surface area contributed by atoms with Crippen molar-refractivity contribution in [3.63, 3.8) is 0 Å². The Morgan fingerprint density at radius 1 is 1.27 bits per heavy atom. The molecule has 0 amide bonds. The van der Waals surface area contributed by atoms with Crippen LogP contribution < -0.4 is 5.43 Å². The van der Waals surface area contributed by atoms with Crippen LogP contribution in [0.2, 0.25) is 0 Å². The molecule has 1 aromatic carbocycles. The van der Waals surface area contributed by atoms with Crippen molar-refractivity contribution in [3.05, 3.63) is 52.3 Å². The smallest absolute Gasteiger partial charge is 0.399 e. The average molecular weight is 325 g/mol. The lowest BCUT2D eigenvalue weighted by Crippen LogP contribution is -2.00. The van der Waals surface area contributed by atoms with E-state index in [1.807, 2.05) is 0 Å². The van der Waals surface area contributed by atoms with Crippen molar-refractivity contribution < 1.29 is 22.3 Å². The summed E-state index contributed by atoms with van der Waals surface area (Å²) in [5, 5.41) is 14.5. The van der Waals surface area contributed by atoms with Crippen molar-refractivity contribution >= 4 is 27.4 Å². The Bertz CT molecular complexity index is 823. The van der Waals surface area contributed by atoms with Gasteiger partial charge in [0.2, 0.25) is 0 Å². The second kappa shape index (κ2) is 5.95. The number of rotatable bonds is 5. The van der Waals surface area contributed by atoms with E-state index in [9.17, 15) is 18.5 Å². The van der Waals surface area contributed by atoms with E-state index in [1.54, 1.807) is 6.92 Å². The molecular formula is C12H11N3O6S. The summed E-state index contributed by atoms with van der Waals surface area (Å²) in [5.74, 6) is -0.157. The van der Waals surface area contributed by atoms with Crippen molar-refractivity contribution in [2.45, 2.75) is 11.8 Å². The van der Waals surface area contributed by atoms with Crippen LogP contribution >= 0.6 is 0 Å². The molecule has 2 aromatic rings. The maximum Gasteiger partial charge on any atom is 0.433 e. The minimum Gasteiger partial charge on any atom is -0.399 e. The molecule has 9 nitrogen and oxygen atoms in total. The minimum atomic E-state index is -4.24. The zero-order valence-electron chi connectivity index (χ0n) is 11.3. The summed E-state index contributed by atoms with van der Waals surface area (Å²) in [6, 6.07) is 7.87. The van der Waals surface area contributed by atoms with E-state index in [4.69, 9.17) is 8.97 Å². The van der Waals surface area contributed by atoms with Gasteiger partial charge in [0.15, 0.2) is 5.76 Å². The number of nitrogens with one attached hydrogen (secondary N) is 1. The van der Waals surface area contributed by atoms with Crippen molar-refractivity contribution in [1.29, 1.82) is 0 Å². The highest BCUT2D eigenvalue weighted by atomic mass is 32.2. The van der Waals surface area contributed by atoms with Gasteiger partial charge in [0.05, 0.1) is 16.6 Å². The Morgan fingerprint density at radius 2 is 1.91 bits per heavy atom. The number of hydrazone groups is 1. The number of benzene rings is 1. The van der Waals surface area contributed by atoms with Gasteiger partial charge in [-0.05, 0) is 37.3 Å². The van der Waals surface area contributed by atoms with Crippen LogP contribution in [0.4, 0.5) is 11.6 Å². The van der Waals surface area contributed by atoms with Crippen molar-refractivity contribution in [1.82, 2.24) is 0 Å². The average Bonchev–Trinajstić information content (AvgIpc) is 2.94. The lowest BCUT2D eigenvalue weighted by molar-refractivity contribution is -0.402. The molecule has 0 aliphatic rings. The molecule has 10 heteroatoms. The third-order valence-electron chi connectivity index (χ3n) is 2.63. The van der Waals surface area contributed by atoms with Gasteiger partial charge in [-0.25, -0.2) is 0 Å². The lowest BCUT2D eigenvalue weighted by atomic mass is 10.3. The van der Waals surface area contributed by atoms with E-state index >= 15 is 0 Å². The normalized spacial score (nSPS) is 12.2. The van der Waals surface area contributed by atoms with Crippen molar-refractivity contribution in [3.8, 4) is 0 Å². The lowest BCUT2D eigenvalue weighted by Gasteiger charge is -2.02. The Labute approximate surface area is 125 Å². The number of nitrogens with zero attached hydrogens (tertiary/aromatic N) is 2. The monoisotopic (exact) mass is 325 g/mol. The molecule has 2 rings (SSSR count). The first-order valence-electron chi connectivity index (χ1n) is 5.90. The predicted molar refractivity (Wildman–Crippen MR) is 77.5 cm³/mol. The molecular weight excluding hydrogens is 314 g/mol. The van der Waals surface area contributed by atoms with Gasteiger partial charge in [0, 0.05) is 0 Å². The topological polar surface area (TPSA) is 135 Å². The standard InChI is InChI=1S/C12H11N3O6S/c1-8(11-6-7-12(21-11)15(16)17)13-14-9-2-4-10(5-3-9)22(18,19)20/h2-7,14H,1H3,(H,18,19,20). The summed E-state index contributed by atoms with van der Waals surface area (Å²) in [7, 11) is -4.24. The molecule has 22 heavy (non-hydrogen) atoms. The van der Waals surface area contributed by atoms with Crippen LogP contribution in [0, 0.1) is 10.1 Å². The van der Waals surface area contributed by atoms with Gasteiger partial charge in [-0.3, -0.25) is 20.1 Å². The van der Waals surface area contributed by atoms with Gasteiger partial charge >= 0.3 is 5.88 Å². The Kier molecular flexibility index (Phi) is 4.24. The van der Waals surface area contributed by atoms with Crippen LogP contribution in [0.25, 0.3) is 0 Å². The van der Waals surface area contributed by atoms with Gasteiger partial charge in [-0.1, -0.05) is 0 Å². The number of nitro groups is 1. The summed E-state index contributed by atoms with van der Waals surface area (Å²) in [5.41, 5.74) is 3.47. The zero-order valence-corrected chi connectivity index (χ0v) is 12.1. The number of hydrogen-bond acceptors (Lipinski definition) is 7. The van der Waals surface area contributed by atoms with Crippen LogP contribution in [0.3, 0.4) is 0 Å². The molecule has 0 aliphatic carbocycles. The van der Waals surface area contributed by atoms with E-state index in [2.05, 4.69) is 10.5 Å². The first-order chi connectivity index (χ1) is 10.3. The molecule has 0 saturated heterocycles. The van der Waals surface area contributed by atoms with Gasteiger partial charge in [0.25, 0.3) is 10.1 Å². The molecule has 1 aromatic heterocycles. The van der Waals surface area contributed by atoms with Crippen LogP contribution in [-0.2, 0) is 10.1 Å². The fourth-order valence-corrected chi connectivity index (χ4v) is 2.01. The van der Waals surface area contributed by atoms with E-state index in [1.165, 1.54) is 36.4 Å². The molecule has 0 unspecified atom stereocenters. The van der Waals surface area contributed by atoms with Gasteiger partial charge in [0.1, 0.15) is 10.6 Å². The second-order valence-electron chi connectivity index (χ2n) is 4.20. The number of hydrogen-bond donors (Lipinski definition) is 2. The van der Waals surface area contributed by atoms with E-state index in [0.29, 0.717) is 11.4 Å². The Balaban J connectivity index is 2.11. The molecule has 0 atom stereocenters. The second-order valence-corrected chi connectivity index (χ2v) is 5.62. The maximum atomic E-state index is 10.9. The van der Waals surface area contributed by atoms with Crippen LogP contribution in [-0.4, -0.2) is 23.6 Å². The molecule has 0 bridgehead atoms. The number of furan rings is 1. The first-order valence-corrected chi connectivity index (χ1v) is 7.34. The largest absolute Gasteiger partial charge is 0.433 e. The molecule has 1 heterocycles. The fraction of sp³-hybridized carbons (Fsp3) is 0.0833. The Hall–Kier alpha value is -2.72. The van der Waals surface area contributed by atoms with E-state index in [0.717, 1.165) is 0 Å². The molecule has 0 aliphatic heterocycles. The molecule has 0 spiro atoms. The summed E-state index contributed by atoms with van der Waals surface area (Å²) in [6.45, 7) is 1.59. The molecule has 2 N–H and O–H groups in total. The zero-order chi connectivity index (χ0) is 16.3. The highest BCUT2D eigenvalue weighted by Gasteiger charge is 2.13. The fourth-order valence-electron chi connectivity index (χ4n) is 1.53. The maximum absolute atomic E-state index is 10.9. The summed E-state index contributed by atoms with van der Waals surface area (Å²) in [4.78, 5) is 9.63. The van der Waals surface area contributed by atoms with Crippen molar-refractivity contribution in [2.75, 3.05) is 5.43 Å². The Morgan fingerprint density at radius 3 is 2.41 bits per heavy atom. The highest BCUT2D eigenvalue weighted by molar-refractivity contribution is 7.85. The summed E-state index contributed by atoms with van der Waals surface area (Å²) < 4.78 is 35.6. The van der Waals surface area contributed by atoms with Crippen LogP contribution in [0.5, 0.6) is 0 Å². The third-order valence-corrected chi connectivity index (χ3v) is 3.50. The summed E-state index contributed by atoms with van der Waals surface area (Å²) >= 11 is 0. The third kappa shape index (κ3) is 3.68. The van der Waals surface area contributed by atoms with E-state index in [-0.39, 0.29) is 16.5 Å². The van der Waals surface area contributed by atoms with Crippen LogP contribution in [0.1, 0.15) is 12.7 Å². The minimum absolute atomic E-state index is 0.230. The quantitative estimate of drug-likeness (QED) is 0.372. The summed E-state index contributed by atoms with van der Waals surface area (Å²) in [6.07, 6.45) is 0.